The number of carbonyl (C=O) groups is 2. The molecular formula is C14H17N3O4. The van der Waals surface area contributed by atoms with E-state index in [1.54, 1.807) is 13.8 Å². The van der Waals surface area contributed by atoms with Crippen LogP contribution in [0, 0.1) is 17.2 Å². The molecule has 0 fully saturated rings. The van der Waals surface area contributed by atoms with Crippen LogP contribution in [0.2, 0.25) is 0 Å². The Bertz CT molecular complexity index is 580. The molecule has 7 nitrogen and oxygen atoms in total. The smallest absolute Gasteiger partial charge is 0.337 e. The number of carboxylic acids is 1. The van der Waals surface area contributed by atoms with Gasteiger partial charge in [0.15, 0.2) is 0 Å². The average molecular weight is 291 g/mol. The number of hydrogen-bond donors (Lipinski definition) is 3. The van der Waals surface area contributed by atoms with Gasteiger partial charge < -0.3 is 20.4 Å². The van der Waals surface area contributed by atoms with E-state index in [1.165, 1.54) is 17.0 Å². The zero-order valence-electron chi connectivity index (χ0n) is 11.8. The molecule has 0 aliphatic rings. The van der Waals surface area contributed by atoms with Crippen molar-refractivity contribution in [2.24, 2.45) is 5.92 Å². The summed E-state index contributed by atoms with van der Waals surface area (Å²) >= 11 is 0. The summed E-state index contributed by atoms with van der Waals surface area (Å²) in [5, 5.41) is 29.6. The molecule has 0 heterocycles. The van der Waals surface area contributed by atoms with Crippen LogP contribution in [0.25, 0.3) is 0 Å². The molecule has 2 amide bonds. The normalized spacial score (nSPS) is 11.3. The second-order valence-electron chi connectivity index (χ2n) is 4.53. The fraction of sp³-hybridized carbons (Fsp3) is 0.357. The summed E-state index contributed by atoms with van der Waals surface area (Å²) in [4.78, 5) is 24.6. The van der Waals surface area contributed by atoms with Gasteiger partial charge in [0.25, 0.3) is 0 Å². The Morgan fingerprint density at radius 3 is 2.67 bits per heavy atom. The van der Waals surface area contributed by atoms with Gasteiger partial charge in [0.2, 0.25) is 0 Å². The van der Waals surface area contributed by atoms with Gasteiger partial charge in [0.05, 0.1) is 23.2 Å². The molecule has 0 aliphatic heterocycles. The Balaban J connectivity index is 2.92. The number of nitrogens with one attached hydrogen (secondary N) is 1. The molecular weight excluding hydrogens is 274 g/mol. The standard InChI is InChI=1S/C14H17N3O4/c1-3-17(8-9(2)7-15)14(21)16-12-5-4-10(18)6-11(12)13(19)20/h4-6,9,18H,3,8H2,1-2H3,(H,16,21)(H,19,20). The third-order valence-corrected chi connectivity index (χ3v) is 2.86. The van der Waals surface area contributed by atoms with Crippen molar-refractivity contribution in [2.75, 3.05) is 18.4 Å². The van der Waals surface area contributed by atoms with Gasteiger partial charge in [-0.2, -0.15) is 5.26 Å². The fourth-order valence-corrected chi connectivity index (χ4v) is 1.74. The summed E-state index contributed by atoms with van der Waals surface area (Å²) in [7, 11) is 0. The Morgan fingerprint density at radius 2 is 2.14 bits per heavy atom. The lowest BCUT2D eigenvalue weighted by Crippen LogP contribution is -2.37. The number of nitriles is 1. The molecule has 0 radical (unpaired) electrons. The van der Waals surface area contributed by atoms with Crippen LogP contribution in [-0.4, -0.2) is 40.2 Å². The second-order valence-corrected chi connectivity index (χ2v) is 4.53. The zero-order chi connectivity index (χ0) is 16.0. The maximum atomic E-state index is 12.1. The highest BCUT2D eigenvalue weighted by atomic mass is 16.4. The Morgan fingerprint density at radius 1 is 1.48 bits per heavy atom. The number of anilines is 1. The van der Waals surface area contributed by atoms with Crippen molar-refractivity contribution < 1.29 is 19.8 Å². The lowest BCUT2D eigenvalue weighted by atomic mass is 10.1. The minimum absolute atomic E-state index is 0.0911. The third-order valence-electron chi connectivity index (χ3n) is 2.86. The van der Waals surface area contributed by atoms with Crippen molar-refractivity contribution >= 4 is 17.7 Å². The summed E-state index contributed by atoms with van der Waals surface area (Å²) < 4.78 is 0. The van der Waals surface area contributed by atoms with Crippen molar-refractivity contribution in [2.45, 2.75) is 13.8 Å². The quantitative estimate of drug-likeness (QED) is 0.719. The van der Waals surface area contributed by atoms with E-state index in [0.717, 1.165) is 6.07 Å². The number of amides is 2. The molecule has 1 rings (SSSR count). The van der Waals surface area contributed by atoms with Crippen molar-refractivity contribution in [1.82, 2.24) is 4.90 Å². The second kappa shape index (κ2) is 7.14. The molecule has 7 heteroatoms. The van der Waals surface area contributed by atoms with E-state index >= 15 is 0 Å². The molecule has 1 aromatic rings. The van der Waals surface area contributed by atoms with E-state index < -0.39 is 12.0 Å². The van der Waals surface area contributed by atoms with Gasteiger partial charge in [0, 0.05) is 13.1 Å². The van der Waals surface area contributed by atoms with Crippen LogP contribution < -0.4 is 5.32 Å². The average Bonchev–Trinajstić information content (AvgIpc) is 2.45. The molecule has 21 heavy (non-hydrogen) atoms. The number of rotatable bonds is 5. The molecule has 0 spiro atoms. The lowest BCUT2D eigenvalue weighted by Gasteiger charge is -2.22. The van der Waals surface area contributed by atoms with Crippen molar-refractivity contribution in [3.05, 3.63) is 23.8 Å². The zero-order valence-corrected chi connectivity index (χ0v) is 11.8. The number of hydrogen-bond acceptors (Lipinski definition) is 4. The van der Waals surface area contributed by atoms with E-state index in [9.17, 15) is 14.7 Å². The minimum atomic E-state index is -1.25. The summed E-state index contributed by atoms with van der Waals surface area (Å²) in [6.07, 6.45) is 0. The largest absolute Gasteiger partial charge is 0.508 e. The number of carbonyl (C=O) groups excluding carboxylic acids is 1. The Hall–Kier alpha value is -2.75. The predicted molar refractivity (Wildman–Crippen MR) is 76.1 cm³/mol. The molecule has 0 aliphatic carbocycles. The van der Waals surface area contributed by atoms with Gasteiger partial charge in [-0.05, 0) is 32.0 Å². The van der Waals surface area contributed by atoms with E-state index in [1.807, 2.05) is 6.07 Å². The van der Waals surface area contributed by atoms with Crippen LogP contribution in [0.15, 0.2) is 18.2 Å². The van der Waals surface area contributed by atoms with Gasteiger partial charge in [-0.1, -0.05) is 0 Å². The predicted octanol–water partition coefficient (Wildman–Crippen LogP) is 2.10. The number of benzene rings is 1. The number of aromatic carboxylic acids is 1. The number of aromatic hydroxyl groups is 1. The number of phenolic OH excluding ortho intramolecular Hbond substituents is 1. The van der Waals surface area contributed by atoms with Crippen molar-refractivity contribution in [3.8, 4) is 11.8 Å². The first-order valence-corrected chi connectivity index (χ1v) is 6.40. The van der Waals surface area contributed by atoms with Crippen LogP contribution in [0.4, 0.5) is 10.5 Å². The first-order chi connectivity index (χ1) is 9.88. The Kier molecular flexibility index (Phi) is 5.55. The highest BCUT2D eigenvalue weighted by molar-refractivity contribution is 6.00. The maximum absolute atomic E-state index is 12.1. The van der Waals surface area contributed by atoms with E-state index in [-0.39, 0.29) is 29.5 Å². The Labute approximate surface area is 122 Å². The summed E-state index contributed by atoms with van der Waals surface area (Å²) in [6, 6.07) is 5.21. The third kappa shape index (κ3) is 4.38. The molecule has 112 valence electrons. The summed E-state index contributed by atoms with van der Waals surface area (Å²) in [6.45, 7) is 4.09. The van der Waals surface area contributed by atoms with Crippen LogP contribution in [-0.2, 0) is 0 Å². The van der Waals surface area contributed by atoms with Gasteiger partial charge in [0.1, 0.15) is 5.75 Å². The molecule has 0 bridgehead atoms. The maximum Gasteiger partial charge on any atom is 0.337 e. The molecule has 0 saturated heterocycles. The van der Waals surface area contributed by atoms with Crippen LogP contribution in [0.3, 0.4) is 0 Å². The summed E-state index contributed by atoms with van der Waals surface area (Å²) in [5.74, 6) is -1.78. The SMILES string of the molecule is CCN(CC(C)C#N)C(=O)Nc1ccc(O)cc1C(=O)O. The fourth-order valence-electron chi connectivity index (χ4n) is 1.74. The molecule has 1 atom stereocenters. The number of carboxylic acid groups (broad SMARTS) is 1. The van der Waals surface area contributed by atoms with Crippen LogP contribution in [0.5, 0.6) is 5.75 Å². The van der Waals surface area contributed by atoms with Gasteiger partial charge >= 0.3 is 12.0 Å². The van der Waals surface area contributed by atoms with Gasteiger partial charge in [-0.3, -0.25) is 0 Å². The van der Waals surface area contributed by atoms with Crippen LogP contribution in [0.1, 0.15) is 24.2 Å². The van der Waals surface area contributed by atoms with E-state index in [0.29, 0.717) is 6.54 Å². The van der Waals surface area contributed by atoms with Crippen molar-refractivity contribution in [3.63, 3.8) is 0 Å². The number of phenols is 1. The monoisotopic (exact) mass is 291 g/mol. The van der Waals surface area contributed by atoms with Gasteiger partial charge in [-0.15, -0.1) is 0 Å². The number of urea groups is 1. The lowest BCUT2D eigenvalue weighted by molar-refractivity contribution is 0.0697. The molecule has 1 unspecified atom stereocenters. The van der Waals surface area contributed by atoms with E-state index in [2.05, 4.69) is 5.32 Å². The van der Waals surface area contributed by atoms with Crippen molar-refractivity contribution in [1.29, 1.82) is 5.26 Å². The molecule has 0 saturated carbocycles. The number of nitrogens with zero attached hydrogens (tertiary/aromatic N) is 2. The molecule has 1 aromatic carbocycles. The first-order valence-electron chi connectivity index (χ1n) is 6.40. The topological polar surface area (TPSA) is 114 Å². The van der Waals surface area contributed by atoms with E-state index in [4.69, 9.17) is 10.4 Å². The molecule has 0 aromatic heterocycles. The molecule has 3 N–H and O–H groups in total. The highest BCUT2D eigenvalue weighted by Crippen LogP contribution is 2.21. The summed E-state index contributed by atoms with van der Waals surface area (Å²) in [5.41, 5.74) is -0.110. The highest BCUT2D eigenvalue weighted by Gasteiger charge is 2.18. The minimum Gasteiger partial charge on any atom is -0.508 e. The van der Waals surface area contributed by atoms with Crippen LogP contribution >= 0.6 is 0 Å². The van der Waals surface area contributed by atoms with Gasteiger partial charge in [-0.25, -0.2) is 9.59 Å². The first kappa shape index (κ1) is 16.3.